The number of aromatic nitrogens is 1. The fraction of sp³-hybridized carbons (Fsp3) is 0.200. The summed E-state index contributed by atoms with van der Waals surface area (Å²) in [6.45, 7) is 4.14. The molecule has 0 unspecified atom stereocenters. The third-order valence-corrected chi connectivity index (χ3v) is 4.88. The second-order valence-corrected chi connectivity index (χ2v) is 6.99. The molecule has 0 bridgehead atoms. The number of anilines is 2. The second kappa shape index (κ2) is 7.49. The van der Waals surface area contributed by atoms with Crippen molar-refractivity contribution in [1.29, 1.82) is 0 Å². The summed E-state index contributed by atoms with van der Waals surface area (Å²) in [7, 11) is 0. The molecule has 1 heterocycles. The number of hydrogen-bond donors (Lipinski definition) is 2. The van der Waals surface area contributed by atoms with Crippen LogP contribution >= 0.6 is 11.3 Å². The first-order valence-electron chi connectivity index (χ1n) is 8.19. The number of carbonyl (C=O) groups is 1. The predicted octanol–water partition coefficient (Wildman–Crippen LogP) is 5.05. The molecule has 1 aromatic heterocycles. The molecule has 2 N–H and O–H groups in total. The summed E-state index contributed by atoms with van der Waals surface area (Å²) in [6, 6.07) is 16.2. The number of aliphatic carboxylic acids is 1. The van der Waals surface area contributed by atoms with Gasteiger partial charge in [0.05, 0.1) is 12.1 Å². The highest BCUT2D eigenvalue weighted by atomic mass is 32.1. The van der Waals surface area contributed by atoms with Gasteiger partial charge in [0.25, 0.3) is 0 Å². The van der Waals surface area contributed by atoms with Crippen LogP contribution in [-0.4, -0.2) is 16.1 Å². The average molecular weight is 352 g/mol. The lowest BCUT2D eigenvalue weighted by Crippen LogP contribution is -1.99. The van der Waals surface area contributed by atoms with Gasteiger partial charge < -0.3 is 10.4 Å². The maximum atomic E-state index is 11.2. The quantitative estimate of drug-likeness (QED) is 0.651. The van der Waals surface area contributed by atoms with Gasteiger partial charge in [0, 0.05) is 16.1 Å². The predicted molar refractivity (Wildman–Crippen MR) is 103 cm³/mol. The SMILES string of the molecule is CCc1ccc(-c2nc(Nc3cccc(C)c3)sc2CC(=O)O)cc1. The van der Waals surface area contributed by atoms with Crippen molar-refractivity contribution in [3.05, 3.63) is 64.5 Å². The van der Waals surface area contributed by atoms with Crippen molar-refractivity contribution in [1.82, 2.24) is 4.98 Å². The van der Waals surface area contributed by atoms with E-state index in [-0.39, 0.29) is 6.42 Å². The van der Waals surface area contributed by atoms with E-state index < -0.39 is 5.97 Å². The van der Waals surface area contributed by atoms with E-state index in [0.29, 0.717) is 5.13 Å². The summed E-state index contributed by atoms with van der Waals surface area (Å²) in [5, 5.41) is 13.2. The minimum Gasteiger partial charge on any atom is -0.481 e. The maximum Gasteiger partial charge on any atom is 0.308 e. The highest BCUT2D eigenvalue weighted by Gasteiger charge is 2.16. The van der Waals surface area contributed by atoms with Gasteiger partial charge in [-0.15, -0.1) is 11.3 Å². The number of nitrogens with one attached hydrogen (secondary N) is 1. The Morgan fingerprint density at radius 1 is 1.20 bits per heavy atom. The van der Waals surface area contributed by atoms with Crippen LogP contribution in [0.1, 0.15) is 22.9 Å². The lowest BCUT2D eigenvalue weighted by molar-refractivity contribution is -0.136. The Hall–Kier alpha value is -2.66. The van der Waals surface area contributed by atoms with E-state index in [2.05, 4.69) is 29.4 Å². The van der Waals surface area contributed by atoms with Gasteiger partial charge in [-0.1, -0.05) is 43.3 Å². The van der Waals surface area contributed by atoms with Crippen LogP contribution in [0.15, 0.2) is 48.5 Å². The molecule has 0 saturated carbocycles. The van der Waals surface area contributed by atoms with Crippen LogP contribution in [0.25, 0.3) is 11.3 Å². The van der Waals surface area contributed by atoms with E-state index in [1.165, 1.54) is 16.9 Å². The maximum absolute atomic E-state index is 11.2. The number of aryl methyl sites for hydroxylation is 2. The normalized spacial score (nSPS) is 10.6. The Morgan fingerprint density at radius 2 is 1.96 bits per heavy atom. The summed E-state index contributed by atoms with van der Waals surface area (Å²) in [5.41, 5.74) is 5.04. The summed E-state index contributed by atoms with van der Waals surface area (Å²) in [4.78, 5) is 16.6. The minimum atomic E-state index is -0.850. The Balaban J connectivity index is 1.95. The molecule has 0 atom stereocenters. The Morgan fingerprint density at radius 3 is 2.60 bits per heavy atom. The molecule has 3 rings (SSSR count). The van der Waals surface area contributed by atoms with Crippen molar-refractivity contribution in [2.75, 3.05) is 5.32 Å². The Bertz CT molecular complexity index is 885. The van der Waals surface area contributed by atoms with Gasteiger partial charge in [-0.3, -0.25) is 4.79 Å². The molecule has 0 spiro atoms. The second-order valence-electron chi connectivity index (χ2n) is 5.91. The number of carboxylic acids is 1. The number of carboxylic acid groups (broad SMARTS) is 1. The molecule has 0 saturated heterocycles. The van der Waals surface area contributed by atoms with Gasteiger partial charge in [0.1, 0.15) is 0 Å². The average Bonchev–Trinajstić information content (AvgIpc) is 2.96. The largest absolute Gasteiger partial charge is 0.481 e. The standard InChI is InChI=1S/C20H20N2O2S/c1-3-14-7-9-15(10-8-14)19-17(12-18(23)24)25-20(22-19)21-16-6-4-5-13(2)11-16/h4-11H,3,12H2,1-2H3,(H,21,22)(H,23,24). The lowest BCUT2D eigenvalue weighted by atomic mass is 10.1. The zero-order valence-corrected chi connectivity index (χ0v) is 15.1. The molecule has 128 valence electrons. The molecule has 0 aliphatic carbocycles. The summed E-state index contributed by atoms with van der Waals surface area (Å²) in [6.07, 6.45) is 0.942. The molecule has 0 radical (unpaired) electrons. The van der Waals surface area contributed by atoms with E-state index in [9.17, 15) is 9.90 Å². The van der Waals surface area contributed by atoms with Crippen molar-refractivity contribution in [2.24, 2.45) is 0 Å². The van der Waals surface area contributed by atoms with E-state index >= 15 is 0 Å². The number of nitrogens with zero attached hydrogens (tertiary/aromatic N) is 1. The summed E-state index contributed by atoms with van der Waals surface area (Å²) < 4.78 is 0. The van der Waals surface area contributed by atoms with E-state index in [1.54, 1.807) is 0 Å². The highest BCUT2D eigenvalue weighted by Crippen LogP contribution is 2.33. The first-order chi connectivity index (χ1) is 12.0. The Labute approximate surface area is 151 Å². The Kier molecular flexibility index (Phi) is 5.14. The van der Waals surface area contributed by atoms with Crippen LogP contribution in [-0.2, 0) is 17.6 Å². The summed E-state index contributed by atoms with van der Waals surface area (Å²) in [5.74, 6) is -0.850. The minimum absolute atomic E-state index is 0.0297. The van der Waals surface area contributed by atoms with Crippen molar-refractivity contribution in [3.63, 3.8) is 0 Å². The topological polar surface area (TPSA) is 62.2 Å². The molecule has 0 fully saturated rings. The van der Waals surface area contributed by atoms with Crippen LogP contribution < -0.4 is 5.32 Å². The van der Waals surface area contributed by atoms with Crippen LogP contribution in [0.4, 0.5) is 10.8 Å². The van der Waals surface area contributed by atoms with Gasteiger partial charge >= 0.3 is 5.97 Å². The first-order valence-corrected chi connectivity index (χ1v) is 9.01. The van der Waals surface area contributed by atoms with Crippen molar-refractivity contribution < 1.29 is 9.90 Å². The first kappa shape index (κ1) is 17.2. The van der Waals surface area contributed by atoms with Gasteiger partial charge in [0.2, 0.25) is 0 Å². The third-order valence-electron chi connectivity index (χ3n) is 3.91. The van der Waals surface area contributed by atoms with Gasteiger partial charge in [-0.2, -0.15) is 0 Å². The number of benzene rings is 2. The van der Waals surface area contributed by atoms with Crippen molar-refractivity contribution in [3.8, 4) is 11.3 Å². The molecular weight excluding hydrogens is 332 g/mol. The fourth-order valence-electron chi connectivity index (χ4n) is 2.63. The zero-order chi connectivity index (χ0) is 17.8. The third kappa shape index (κ3) is 4.25. The van der Waals surface area contributed by atoms with E-state index in [0.717, 1.165) is 33.8 Å². The molecule has 0 aliphatic rings. The van der Waals surface area contributed by atoms with Crippen molar-refractivity contribution in [2.45, 2.75) is 26.7 Å². The van der Waals surface area contributed by atoms with Gasteiger partial charge in [0.15, 0.2) is 5.13 Å². The number of rotatable bonds is 6. The van der Waals surface area contributed by atoms with Crippen LogP contribution in [0.5, 0.6) is 0 Å². The monoisotopic (exact) mass is 352 g/mol. The number of hydrogen-bond acceptors (Lipinski definition) is 4. The summed E-state index contributed by atoms with van der Waals surface area (Å²) >= 11 is 1.39. The number of thiazole rings is 1. The fourth-order valence-corrected chi connectivity index (χ4v) is 3.63. The van der Waals surface area contributed by atoms with Crippen LogP contribution in [0.2, 0.25) is 0 Å². The molecule has 2 aromatic carbocycles. The molecule has 4 nitrogen and oxygen atoms in total. The molecule has 0 amide bonds. The van der Waals surface area contributed by atoms with Crippen LogP contribution in [0, 0.1) is 6.92 Å². The molecule has 5 heteroatoms. The van der Waals surface area contributed by atoms with E-state index in [1.807, 2.05) is 43.3 Å². The van der Waals surface area contributed by atoms with E-state index in [4.69, 9.17) is 0 Å². The van der Waals surface area contributed by atoms with Gasteiger partial charge in [-0.25, -0.2) is 4.98 Å². The van der Waals surface area contributed by atoms with Crippen molar-refractivity contribution >= 4 is 28.1 Å². The smallest absolute Gasteiger partial charge is 0.308 e. The molecular formula is C20H20N2O2S. The van der Waals surface area contributed by atoms with Crippen LogP contribution in [0.3, 0.4) is 0 Å². The highest BCUT2D eigenvalue weighted by molar-refractivity contribution is 7.16. The van der Waals surface area contributed by atoms with Gasteiger partial charge in [-0.05, 0) is 36.6 Å². The molecule has 3 aromatic rings. The zero-order valence-electron chi connectivity index (χ0n) is 14.2. The lowest BCUT2D eigenvalue weighted by Gasteiger charge is -2.03. The molecule has 25 heavy (non-hydrogen) atoms. The molecule has 0 aliphatic heterocycles.